The van der Waals surface area contributed by atoms with Gasteiger partial charge >= 0.3 is 17.3 Å². The number of hydrogen-bond acceptors (Lipinski definition) is 6. The molecule has 2 N–H and O–H groups in total. The maximum absolute atomic E-state index is 13.5. The highest BCUT2D eigenvalue weighted by atomic mass is 16.5. The third-order valence-electron chi connectivity index (χ3n) is 6.35. The van der Waals surface area contributed by atoms with Gasteiger partial charge in [0.1, 0.15) is 5.75 Å². The molecular weight excluding hydrogens is 474 g/mol. The number of hydrogen-bond donors (Lipinski definition) is 2. The van der Waals surface area contributed by atoms with Crippen LogP contribution in [0.2, 0.25) is 0 Å². The predicted octanol–water partition coefficient (Wildman–Crippen LogP) is 3.15. The van der Waals surface area contributed by atoms with E-state index in [9.17, 15) is 19.5 Å². The largest absolute Gasteiger partial charge is 0.481 e. The molecule has 0 atom stereocenters. The van der Waals surface area contributed by atoms with Gasteiger partial charge in [-0.05, 0) is 55.7 Å². The molecule has 2 aromatic carbocycles. The number of H-pyrrole nitrogens is 1. The zero-order valence-electron chi connectivity index (χ0n) is 20.1. The number of carboxylic acids is 1. The average Bonchev–Trinajstić information content (AvgIpc) is 2.85. The number of aromatic amines is 1. The van der Waals surface area contributed by atoms with Crippen LogP contribution < -0.4 is 21.7 Å². The number of ether oxygens (including phenoxy) is 1. The Balaban J connectivity index is 1.52. The van der Waals surface area contributed by atoms with E-state index in [1.807, 2.05) is 37.3 Å². The second kappa shape index (κ2) is 10.1. The van der Waals surface area contributed by atoms with Crippen molar-refractivity contribution in [2.24, 2.45) is 10.9 Å². The van der Waals surface area contributed by atoms with Crippen molar-refractivity contribution >= 4 is 11.7 Å². The fourth-order valence-corrected chi connectivity index (χ4v) is 4.20. The number of carboxylic acid groups (broad SMARTS) is 1. The minimum atomic E-state index is -0.921. The van der Waals surface area contributed by atoms with Gasteiger partial charge in [0.25, 0.3) is 0 Å². The Morgan fingerprint density at radius 1 is 1.08 bits per heavy atom. The first kappa shape index (κ1) is 24.0. The van der Waals surface area contributed by atoms with Crippen molar-refractivity contribution in [3.05, 3.63) is 111 Å². The highest BCUT2D eigenvalue weighted by molar-refractivity contribution is 5.71. The van der Waals surface area contributed by atoms with Gasteiger partial charge in [0.05, 0.1) is 18.2 Å². The van der Waals surface area contributed by atoms with Crippen molar-refractivity contribution < 1.29 is 14.6 Å². The topological polar surface area (TPSA) is 132 Å². The number of aryl methyl sites for hydroxylation is 1. The van der Waals surface area contributed by atoms with Gasteiger partial charge in [-0.1, -0.05) is 35.9 Å². The molecular formula is C27H25N5O5. The molecule has 2 heterocycles. The Hall–Kier alpha value is -4.73. The average molecular weight is 500 g/mol. The lowest BCUT2D eigenvalue weighted by atomic mass is 9.80. The molecule has 4 aromatic rings. The van der Waals surface area contributed by atoms with Gasteiger partial charge in [-0.3, -0.25) is 14.3 Å². The zero-order valence-corrected chi connectivity index (χ0v) is 20.1. The van der Waals surface area contributed by atoms with E-state index < -0.39 is 29.3 Å². The van der Waals surface area contributed by atoms with Crippen molar-refractivity contribution in [2.75, 3.05) is 0 Å². The van der Waals surface area contributed by atoms with Crippen molar-refractivity contribution in [1.29, 1.82) is 0 Å². The Bertz CT molecular complexity index is 1600. The number of nitrogens with one attached hydrogen (secondary N) is 1. The molecule has 0 unspecified atom stereocenters. The molecule has 1 fully saturated rings. The molecule has 0 saturated heterocycles. The van der Waals surface area contributed by atoms with Gasteiger partial charge in [-0.2, -0.15) is 0 Å². The van der Waals surface area contributed by atoms with Crippen LogP contribution in [-0.4, -0.2) is 30.2 Å². The summed E-state index contributed by atoms with van der Waals surface area (Å²) in [6.07, 6.45) is 2.10. The monoisotopic (exact) mass is 499 g/mol. The second-order valence-electron chi connectivity index (χ2n) is 9.01. The lowest BCUT2D eigenvalue weighted by Gasteiger charge is -2.33. The van der Waals surface area contributed by atoms with E-state index in [2.05, 4.69) is 15.0 Å². The Morgan fingerprint density at radius 2 is 1.81 bits per heavy atom. The van der Waals surface area contributed by atoms with Crippen LogP contribution in [-0.2, 0) is 11.3 Å². The number of rotatable bonds is 7. The van der Waals surface area contributed by atoms with Gasteiger partial charge in [-0.25, -0.2) is 24.1 Å². The van der Waals surface area contributed by atoms with E-state index in [1.54, 1.807) is 42.6 Å². The molecule has 0 radical (unpaired) electrons. The van der Waals surface area contributed by atoms with Crippen molar-refractivity contribution in [3.8, 4) is 11.6 Å². The number of nitrogens with zero attached hydrogens (tertiary/aromatic N) is 4. The molecule has 0 spiro atoms. The van der Waals surface area contributed by atoms with E-state index in [4.69, 9.17) is 4.74 Å². The SMILES string of the molecule is Cc1ccc(Cn2c(=O)n([C@H]3C[C@@H](C(=O)O)C3)c(=O)[nH]/c2=N\c2ccc(Oc3ccccn3)cc2)cc1. The van der Waals surface area contributed by atoms with Crippen molar-refractivity contribution in [2.45, 2.75) is 32.4 Å². The Morgan fingerprint density at radius 3 is 2.46 bits per heavy atom. The number of aliphatic carboxylic acids is 1. The van der Waals surface area contributed by atoms with Crippen molar-refractivity contribution in [3.63, 3.8) is 0 Å². The number of benzene rings is 2. The maximum Gasteiger partial charge on any atom is 0.335 e. The summed E-state index contributed by atoms with van der Waals surface area (Å²) in [5.41, 5.74) is 1.39. The molecule has 188 valence electrons. The van der Waals surface area contributed by atoms with Gasteiger partial charge in [-0.15, -0.1) is 0 Å². The van der Waals surface area contributed by atoms with E-state index >= 15 is 0 Å². The number of pyridine rings is 1. The van der Waals surface area contributed by atoms with E-state index in [-0.39, 0.29) is 25.0 Å². The lowest BCUT2D eigenvalue weighted by molar-refractivity contribution is -0.146. The first-order valence-corrected chi connectivity index (χ1v) is 11.8. The first-order valence-electron chi connectivity index (χ1n) is 11.8. The molecule has 37 heavy (non-hydrogen) atoms. The maximum atomic E-state index is 13.5. The minimum Gasteiger partial charge on any atom is -0.481 e. The second-order valence-corrected chi connectivity index (χ2v) is 9.01. The van der Waals surface area contributed by atoms with E-state index in [0.717, 1.165) is 15.7 Å². The fraction of sp³-hybridized carbons (Fsp3) is 0.222. The molecule has 0 amide bonds. The summed E-state index contributed by atoms with van der Waals surface area (Å²) in [5.74, 6) is -0.461. The molecule has 10 heteroatoms. The zero-order chi connectivity index (χ0) is 25.9. The van der Waals surface area contributed by atoms with Crippen LogP contribution in [0.25, 0.3) is 0 Å². The van der Waals surface area contributed by atoms with E-state index in [1.165, 1.54) is 4.57 Å². The minimum absolute atomic E-state index is 0.0966. The summed E-state index contributed by atoms with van der Waals surface area (Å²) in [6.45, 7) is 2.16. The van der Waals surface area contributed by atoms with Crippen molar-refractivity contribution in [1.82, 2.24) is 19.1 Å². The Kier molecular flexibility index (Phi) is 6.55. The van der Waals surface area contributed by atoms with Gasteiger partial charge in [0, 0.05) is 18.3 Å². The molecule has 1 saturated carbocycles. The molecule has 5 rings (SSSR count). The standard InChI is InChI=1S/C27H25N5O5/c1-17-5-7-18(8-6-17)16-31-25(30-26(35)32(27(31)36)21-14-19(15-21)24(33)34)29-20-9-11-22(12-10-20)37-23-4-2-3-13-28-23/h2-13,19,21H,14-16H2,1H3,(H,33,34)(H,29,30,35)/t19-,21+. The molecule has 10 nitrogen and oxygen atoms in total. The lowest BCUT2D eigenvalue weighted by Crippen LogP contribution is -2.53. The third kappa shape index (κ3) is 5.27. The third-order valence-corrected chi connectivity index (χ3v) is 6.35. The van der Waals surface area contributed by atoms with Crippen LogP contribution in [0.4, 0.5) is 5.69 Å². The Labute approximate surface area is 211 Å². The molecule has 0 bridgehead atoms. The van der Waals surface area contributed by atoms with Crippen LogP contribution in [0.5, 0.6) is 11.6 Å². The summed E-state index contributed by atoms with van der Waals surface area (Å²) < 4.78 is 8.22. The summed E-state index contributed by atoms with van der Waals surface area (Å²) in [4.78, 5) is 49.1. The number of carbonyl (C=O) groups is 1. The summed E-state index contributed by atoms with van der Waals surface area (Å²) >= 11 is 0. The van der Waals surface area contributed by atoms with Crippen LogP contribution in [0.3, 0.4) is 0 Å². The number of aromatic nitrogens is 4. The normalized spacial score (nSPS) is 17.3. The van der Waals surface area contributed by atoms with Crippen LogP contribution >= 0.6 is 0 Å². The summed E-state index contributed by atoms with van der Waals surface area (Å²) in [7, 11) is 0. The van der Waals surface area contributed by atoms with Crippen LogP contribution in [0.1, 0.15) is 30.0 Å². The highest BCUT2D eigenvalue weighted by Crippen LogP contribution is 2.36. The summed E-state index contributed by atoms with van der Waals surface area (Å²) in [5, 5.41) is 9.21. The van der Waals surface area contributed by atoms with Gasteiger partial charge in [0.15, 0.2) is 0 Å². The van der Waals surface area contributed by atoms with Gasteiger partial charge in [0.2, 0.25) is 11.5 Å². The van der Waals surface area contributed by atoms with Crippen LogP contribution in [0, 0.1) is 12.8 Å². The molecule has 2 aromatic heterocycles. The predicted molar refractivity (Wildman–Crippen MR) is 135 cm³/mol. The molecule has 1 aliphatic carbocycles. The highest BCUT2D eigenvalue weighted by Gasteiger charge is 2.37. The molecule has 1 aliphatic rings. The van der Waals surface area contributed by atoms with E-state index in [0.29, 0.717) is 17.3 Å². The van der Waals surface area contributed by atoms with Crippen LogP contribution in [0.15, 0.2) is 87.5 Å². The molecule has 0 aliphatic heterocycles. The fourth-order valence-electron chi connectivity index (χ4n) is 4.20. The smallest absolute Gasteiger partial charge is 0.335 e. The first-order chi connectivity index (χ1) is 17.9. The quantitative estimate of drug-likeness (QED) is 0.402. The van der Waals surface area contributed by atoms with Gasteiger partial charge < -0.3 is 9.84 Å². The summed E-state index contributed by atoms with van der Waals surface area (Å²) in [6, 6.07) is 19.5.